The summed E-state index contributed by atoms with van der Waals surface area (Å²) in [6.45, 7) is 5.81. The van der Waals surface area contributed by atoms with Gasteiger partial charge in [0.25, 0.3) is 0 Å². The predicted octanol–water partition coefficient (Wildman–Crippen LogP) is 3.21. The molecule has 1 aliphatic heterocycles. The standard InChI is InChI=1S/C16H23FN2O2/c1-3-21-16(20)12-9-15(13(17)10-14(12)18)19-7-4-5-11(2)6-8-19/h9-11H,3-8,18H2,1-2H3. The van der Waals surface area contributed by atoms with E-state index in [4.69, 9.17) is 10.5 Å². The Morgan fingerprint density at radius 2 is 2.19 bits per heavy atom. The number of rotatable bonds is 3. The first-order chi connectivity index (χ1) is 10.0. The van der Waals surface area contributed by atoms with Crippen LogP contribution in [0.25, 0.3) is 0 Å². The number of carbonyl (C=O) groups is 1. The smallest absolute Gasteiger partial charge is 0.340 e. The minimum atomic E-state index is -0.501. The summed E-state index contributed by atoms with van der Waals surface area (Å²) >= 11 is 0. The van der Waals surface area contributed by atoms with Crippen LogP contribution in [0.1, 0.15) is 43.5 Å². The van der Waals surface area contributed by atoms with Gasteiger partial charge in [0.15, 0.2) is 0 Å². The molecule has 0 bridgehead atoms. The van der Waals surface area contributed by atoms with Crippen LogP contribution in [-0.2, 0) is 4.74 Å². The van der Waals surface area contributed by atoms with E-state index in [-0.39, 0.29) is 23.7 Å². The molecule has 4 nitrogen and oxygen atoms in total. The van der Waals surface area contributed by atoms with E-state index in [0.717, 1.165) is 32.4 Å². The van der Waals surface area contributed by atoms with E-state index in [0.29, 0.717) is 11.6 Å². The summed E-state index contributed by atoms with van der Waals surface area (Å²) in [6.07, 6.45) is 3.20. The Hall–Kier alpha value is -1.78. The largest absolute Gasteiger partial charge is 0.462 e. The van der Waals surface area contributed by atoms with Crippen LogP contribution in [0.4, 0.5) is 15.8 Å². The monoisotopic (exact) mass is 294 g/mol. The second-order valence-electron chi connectivity index (χ2n) is 5.63. The first-order valence-electron chi connectivity index (χ1n) is 7.54. The summed E-state index contributed by atoms with van der Waals surface area (Å²) < 4.78 is 19.2. The van der Waals surface area contributed by atoms with Crippen LogP contribution < -0.4 is 10.6 Å². The zero-order valence-corrected chi connectivity index (χ0v) is 12.7. The van der Waals surface area contributed by atoms with Gasteiger partial charge >= 0.3 is 5.97 Å². The zero-order valence-electron chi connectivity index (χ0n) is 12.7. The molecule has 2 rings (SSSR count). The van der Waals surface area contributed by atoms with Crippen molar-refractivity contribution in [2.24, 2.45) is 5.92 Å². The van der Waals surface area contributed by atoms with Crippen molar-refractivity contribution in [3.63, 3.8) is 0 Å². The number of hydrogen-bond donors (Lipinski definition) is 1. The Bertz CT molecular complexity index is 519. The van der Waals surface area contributed by atoms with Crippen molar-refractivity contribution in [1.29, 1.82) is 0 Å². The maximum Gasteiger partial charge on any atom is 0.340 e. The Kier molecular flexibility index (Phi) is 5.04. The van der Waals surface area contributed by atoms with Crippen LogP contribution in [0.3, 0.4) is 0 Å². The van der Waals surface area contributed by atoms with Crippen molar-refractivity contribution in [2.45, 2.75) is 33.1 Å². The van der Waals surface area contributed by atoms with Gasteiger partial charge < -0.3 is 15.4 Å². The Balaban J connectivity index is 2.30. The van der Waals surface area contributed by atoms with Crippen molar-refractivity contribution in [2.75, 3.05) is 30.3 Å². The molecule has 1 saturated heterocycles. The van der Waals surface area contributed by atoms with Gasteiger partial charge in [0.1, 0.15) is 5.82 Å². The molecule has 0 saturated carbocycles. The molecule has 0 amide bonds. The van der Waals surface area contributed by atoms with Gasteiger partial charge in [-0.3, -0.25) is 0 Å². The van der Waals surface area contributed by atoms with E-state index >= 15 is 0 Å². The lowest BCUT2D eigenvalue weighted by molar-refractivity contribution is 0.0527. The van der Waals surface area contributed by atoms with Gasteiger partial charge in [-0.05, 0) is 44.2 Å². The summed E-state index contributed by atoms with van der Waals surface area (Å²) in [6, 6.07) is 2.74. The molecule has 1 fully saturated rings. The summed E-state index contributed by atoms with van der Waals surface area (Å²) in [4.78, 5) is 13.9. The van der Waals surface area contributed by atoms with Gasteiger partial charge in [0.05, 0.1) is 17.9 Å². The first kappa shape index (κ1) is 15.6. The first-order valence-corrected chi connectivity index (χ1v) is 7.54. The van der Waals surface area contributed by atoms with Gasteiger partial charge in [-0.2, -0.15) is 0 Å². The van der Waals surface area contributed by atoms with Crippen LogP contribution in [-0.4, -0.2) is 25.7 Å². The Morgan fingerprint density at radius 3 is 2.90 bits per heavy atom. The van der Waals surface area contributed by atoms with Crippen LogP contribution in [0.5, 0.6) is 0 Å². The zero-order chi connectivity index (χ0) is 15.4. The summed E-state index contributed by atoms with van der Waals surface area (Å²) in [5.74, 6) is -0.231. The lowest BCUT2D eigenvalue weighted by Crippen LogP contribution is -2.26. The number of nitrogens with zero attached hydrogens (tertiary/aromatic N) is 1. The number of esters is 1. The highest BCUT2D eigenvalue weighted by molar-refractivity contribution is 5.96. The quantitative estimate of drug-likeness (QED) is 0.687. The van der Waals surface area contributed by atoms with Crippen LogP contribution in [0, 0.1) is 11.7 Å². The highest BCUT2D eigenvalue weighted by Gasteiger charge is 2.21. The summed E-state index contributed by atoms with van der Waals surface area (Å²) in [5.41, 5.74) is 6.55. The summed E-state index contributed by atoms with van der Waals surface area (Å²) in [7, 11) is 0. The fourth-order valence-corrected chi connectivity index (χ4v) is 2.71. The van der Waals surface area contributed by atoms with Crippen molar-refractivity contribution in [3.05, 3.63) is 23.5 Å². The molecule has 116 valence electrons. The van der Waals surface area contributed by atoms with E-state index in [1.807, 2.05) is 4.90 Å². The molecule has 21 heavy (non-hydrogen) atoms. The molecular formula is C16H23FN2O2. The molecule has 0 radical (unpaired) electrons. The van der Waals surface area contributed by atoms with E-state index < -0.39 is 5.97 Å². The summed E-state index contributed by atoms with van der Waals surface area (Å²) in [5, 5.41) is 0. The fraction of sp³-hybridized carbons (Fsp3) is 0.562. The average molecular weight is 294 g/mol. The molecule has 1 aromatic rings. The number of hydrogen-bond acceptors (Lipinski definition) is 4. The van der Waals surface area contributed by atoms with Gasteiger partial charge in [0, 0.05) is 18.8 Å². The predicted molar refractivity (Wildman–Crippen MR) is 82.0 cm³/mol. The minimum absolute atomic E-state index is 0.123. The molecule has 1 aromatic carbocycles. The average Bonchev–Trinajstić information content (AvgIpc) is 2.64. The number of halogens is 1. The fourth-order valence-electron chi connectivity index (χ4n) is 2.71. The van der Waals surface area contributed by atoms with Gasteiger partial charge in [-0.15, -0.1) is 0 Å². The number of benzene rings is 1. The van der Waals surface area contributed by atoms with Crippen molar-refractivity contribution in [1.82, 2.24) is 0 Å². The van der Waals surface area contributed by atoms with E-state index in [2.05, 4.69) is 6.92 Å². The second-order valence-corrected chi connectivity index (χ2v) is 5.63. The number of anilines is 2. The highest BCUT2D eigenvalue weighted by Crippen LogP contribution is 2.29. The van der Waals surface area contributed by atoms with E-state index in [1.165, 1.54) is 12.1 Å². The number of ether oxygens (including phenoxy) is 1. The Morgan fingerprint density at radius 1 is 1.43 bits per heavy atom. The van der Waals surface area contributed by atoms with Crippen molar-refractivity contribution in [3.8, 4) is 0 Å². The van der Waals surface area contributed by atoms with Crippen molar-refractivity contribution < 1.29 is 13.9 Å². The second kappa shape index (κ2) is 6.78. The third-order valence-electron chi connectivity index (χ3n) is 3.97. The van der Waals surface area contributed by atoms with Crippen molar-refractivity contribution >= 4 is 17.3 Å². The molecule has 1 atom stereocenters. The molecule has 0 aliphatic carbocycles. The normalized spacial score (nSPS) is 19.2. The maximum atomic E-state index is 14.2. The topological polar surface area (TPSA) is 55.6 Å². The number of nitrogens with two attached hydrogens (primary N) is 1. The molecule has 0 spiro atoms. The lowest BCUT2D eigenvalue weighted by Gasteiger charge is -2.24. The molecule has 0 aromatic heterocycles. The van der Waals surface area contributed by atoms with Gasteiger partial charge in [-0.25, -0.2) is 9.18 Å². The molecular weight excluding hydrogens is 271 g/mol. The third-order valence-corrected chi connectivity index (χ3v) is 3.97. The van der Waals surface area contributed by atoms with Crippen LogP contribution >= 0.6 is 0 Å². The van der Waals surface area contributed by atoms with Gasteiger partial charge in [-0.1, -0.05) is 6.92 Å². The SMILES string of the molecule is CCOC(=O)c1cc(N2CCCC(C)CC2)c(F)cc1N. The molecule has 1 unspecified atom stereocenters. The molecule has 1 heterocycles. The number of nitrogen functional groups attached to an aromatic ring is 1. The molecule has 1 aliphatic rings. The minimum Gasteiger partial charge on any atom is -0.462 e. The highest BCUT2D eigenvalue weighted by atomic mass is 19.1. The maximum absolute atomic E-state index is 14.2. The third kappa shape index (κ3) is 3.65. The number of carbonyl (C=O) groups excluding carboxylic acids is 1. The lowest BCUT2D eigenvalue weighted by atomic mass is 10.0. The van der Waals surface area contributed by atoms with E-state index in [1.54, 1.807) is 6.92 Å². The van der Waals surface area contributed by atoms with Crippen LogP contribution in [0.15, 0.2) is 12.1 Å². The molecule has 2 N–H and O–H groups in total. The molecule has 5 heteroatoms. The Labute approximate surface area is 125 Å². The van der Waals surface area contributed by atoms with Gasteiger partial charge in [0.2, 0.25) is 0 Å². The van der Waals surface area contributed by atoms with E-state index in [9.17, 15) is 9.18 Å². The van der Waals surface area contributed by atoms with Crippen LogP contribution in [0.2, 0.25) is 0 Å².